The van der Waals surface area contributed by atoms with Crippen molar-refractivity contribution in [2.45, 2.75) is 38.5 Å². The largest absolute Gasteiger partial charge is 0.192 e. The Balaban J connectivity index is 1.09. The quantitative estimate of drug-likeness (QED) is 0.188. The third-order valence-corrected chi connectivity index (χ3v) is 11.6. The zero-order chi connectivity index (χ0) is 35.8. The predicted octanol–water partition coefficient (Wildman–Crippen LogP) is 12.7. The highest BCUT2D eigenvalue weighted by Gasteiger charge is 2.36. The van der Waals surface area contributed by atoms with Crippen LogP contribution in [0.2, 0.25) is 0 Å². The van der Waals surface area contributed by atoms with Crippen LogP contribution in [-0.4, -0.2) is 0 Å². The average Bonchev–Trinajstić information content (AvgIpc) is 3.56. The lowest BCUT2D eigenvalue weighted by molar-refractivity contribution is 0.660. The Morgan fingerprint density at radius 3 is 1.33 bits per heavy atom. The summed E-state index contributed by atoms with van der Waals surface area (Å²) in [5.74, 6) is 0. The van der Waals surface area contributed by atoms with E-state index in [2.05, 4.69) is 149 Å². The average molecular weight is 665 g/mol. The van der Waals surface area contributed by atoms with Crippen molar-refractivity contribution in [2.24, 2.45) is 0 Å². The van der Waals surface area contributed by atoms with E-state index >= 15 is 0 Å². The van der Waals surface area contributed by atoms with Crippen LogP contribution in [0.15, 0.2) is 146 Å². The van der Waals surface area contributed by atoms with Crippen LogP contribution < -0.4 is 0 Å². The van der Waals surface area contributed by atoms with E-state index in [0.717, 1.165) is 44.5 Å². The number of nitrogens with zero attached hydrogens (tertiary/aromatic N) is 2. The molecule has 0 atom stereocenters. The molecule has 2 heteroatoms. The second kappa shape index (κ2) is 11.5. The van der Waals surface area contributed by atoms with Gasteiger partial charge in [-0.2, -0.15) is 10.5 Å². The first-order valence-electron chi connectivity index (χ1n) is 17.9. The van der Waals surface area contributed by atoms with Crippen molar-refractivity contribution in [3.05, 3.63) is 179 Å². The molecule has 7 aromatic carbocycles. The molecule has 0 N–H and O–H groups in total. The molecular weight excluding hydrogens is 629 g/mol. The number of nitriles is 2. The molecule has 0 aromatic heterocycles. The topological polar surface area (TPSA) is 47.6 Å². The second-order valence-corrected chi connectivity index (χ2v) is 15.2. The molecule has 7 aromatic rings. The Hall–Kier alpha value is -6.48. The van der Waals surface area contributed by atoms with E-state index in [-0.39, 0.29) is 10.8 Å². The van der Waals surface area contributed by atoms with Gasteiger partial charge in [-0.3, -0.25) is 0 Å². The van der Waals surface area contributed by atoms with Crippen LogP contribution in [0.4, 0.5) is 0 Å². The maximum atomic E-state index is 10.5. The summed E-state index contributed by atoms with van der Waals surface area (Å²) in [5.41, 5.74) is 19.2. The van der Waals surface area contributed by atoms with Gasteiger partial charge in [0.05, 0.1) is 23.3 Å². The Morgan fingerprint density at radius 1 is 0.327 bits per heavy atom. The monoisotopic (exact) mass is 664 g/mol. The van der Waals surface area contributed by atoms with Crippen molar-refractivity contribution in [1.29, 1.82) is 10.5 Å². The minimum Gasteiger partial charge on any atom is -0.192 e. The van der Waals surface area contributed by atoms with Gasteiger partial charge in [0.2, 0.25) is 0 Å². The van der Waals surface area contributed by atoms with E-state index in [1.807, 2.05) is 36.4 Å². The lowest BCUT2D eigenvalue weighted by atomic mass is 9.81. The van der Waals surface area contributed by atoms with Crippen LogP contribution in [0.3, 0.4) is 0 Å². The Bertz CT molecular complexity index is 2710. The summed E-state index contributed by atoms with van der Waals surface area (Å²) < 4.78 is 0. The van der Waals surface area contributed by atoms with E-state index in [9.17, 15) is 10.5 Å². The van der Waals surface area contributed by atoms with Gasteiger partial charge in [-0.1, -0.05) is 137 Å². The van der Waals surface area contributed by atoms with E-state index in [4.69, 9.17) is 0 Å². The molecule has 0 unspecified atom stereocenters. The zero-order valence-electron chi connectivity index (χ0n) is 29.8. The van der Waals surface area contributed by atoms with E-state index in [1.165, 1.54) is 44.5 Å². The molecule has 2 aliphatic rings. The summed E-state index contributed by atoms with van der Waals surface area (Å²) in [6, 6.07) is 56.2. The van der Waals surface area contributed by atoms with Crippen molar-refractivity contribution >= 4 is 0 Å². The fraction of sp³-hybridized carbons (Fsp3) is 0.120. The van der Waals surface area contributed by atoms with E-state index in [1.54, 1.807) is 0 Å². The van der Waals surface area contributed by atoms with Gasteiger partial charge in [0, 0.05) is 22.0 Å². The fourth-order valence-electron chi connectivity index (χ4n) is 8.78. The molecule has 0 aliphatic heterocycles. The highest BCUT2D eigenvalue weighted by atomic mass is 14.4. The standard InChI is InChI=1S/C50H36N2/c1-49(2)46-18-8-6-16-40(46)44-25-33(20-22-47(44)49)31-11-9-13-35(23-31)42-26-38(30-52)43(27-37(42)29-51)36-14-10-12-32(24-36)34-19-21-41-39-15-5-7-17-45(39)50(3,4)48(41)28-34/h5-28H,1-4H3. The van der Waals surface area contributed by atoms with Gasteiger partial charge in [0.25, 0.3) is 0 Å². The van der Waals surface area contributed by atoms with Gasteiger partial charge < -0.3 is 0 Å². The first-order valence-corrected chi connectivity index (χ1v) is 17.9. The van der Waals surface area contributed by atoms with Crippen LogP contribution in [0.5, 0.6) is 0 Å². The number of fused-ring (bicyclic) bond motifs is 6. The van der Waals surface area contributed by atoms with Crippen LogP contribution in [0.25, 0.3) is 66.8 Å². The molecular formula is C50H36N2. The summed E-state index contributed by atoms with van der Waals surface area (Å²) in [5, 5.41) is 20.9. The summed E-state index contributed by atoms with van der Waals surface area (Å²) in [6.07, 6.45) is 0. The molecule has 0 heterocycles. The molecule has 0 radical (unpaired) electrons. The Kier molecular flexibility index (Phi) is 6.98. The van der Waals surface area contributed by atoms with Gasteiger partial charge in [-0.15, -0.1) is 0 Å². The zero-order valence-corrected chi connectivity index (χ0v) is 29.8. The first kappa shape index (κ1) is 31.5. The third-order valence-electron chi connectivity index (χ3n) is 11.6. The van der Waals surface area contributed by atoms with E-state index < -0.39 is 0 Å². The summed E-state index contributed by atoms with van der Waals surface area (Å²) >= 11 is 0. The first-order chi connectivity index (χ1) is 25.2. The number of benzene rings is 7. The second-order valence-electron chi connectivity index (χ2n) is 15.2. The van der Waals surface area contributed by atoms with Crippen molar-refractivity contribution in [3.8, 4) is 78.9 Å². The molecule has 0 saturated heterocycles. The number of hydrogen-bond acceptors (Lipinski definition) is 2. The van der Waals surface area contributed by atoms with Gasteiger partial charge in [-0.05, 0) is 114 Å². The smallest absolute Gasteiger partial charge is 0.0998 e. The molecule has 0 amide bonds. The summed E-state index contributed by atoms with van der Waals surface area (Å²) in [4.78, 5) is 0. The molecule has 0 fully saturated rings. The minimum atomic E-state index is -0.0920. The predicted molar refractivity (Wildman–Crippen MR) is 213 cm³/mol. The minimum absolute atomic E-state index is 0.0480. The van der Waals surface area contributed by atoms with Crippen molar-refractivity contribution in [3.63, 3.8) is 0 Å². The van der Waals surface area contributed by atoms with Gasteiger partial charge in [0.15, 0.2) is 0 Å². The van der Waals surface area contributed by atoms with Crippen LogP contribution in [0.1, 0.15) is 61.1 Å². The van der Waals surface area contributed by atoms with Crippen molar-refractivity contribution in [1.82, 2.24) is 0 Å². The molecule has 0 bridgehead atoms. The van der Waals surface area contributed by atoms with Crippen molar-refractivity contribution < 1.29 is 0 Å². The van der Waals surface area contributed by atoms with Gasteiger partial charge in [0.1, 0.15) is 0 Å². The maximum absolute atomic E-state index is 10.5. The molecule has 2 aliphatic carbocycles. The molecule has 9 rings (SSSR count). The van der Waals surface area contributed by atoms with E-state index in [0.29, 0.717) is 11.1 Å². The normalized spacial score (nSPS) is 14.0. The highest BCUT2D eigenvalue weighted by molar-refractivity contribution is 5.88. The lowest BCUT2D eigenvalue weighted by Crippen LogP contribution is -2.14. The highest BCUT2D eigenvalue weighted by Crippen LogP contribution is 2.51. The molecule has 0 saturated carbocycles. The summed E-state index contributed by atoms with van der Waals surface area (Å²) in [6.45, 7) is 9.17. The SMILES string of the molecule is CC1(C)c2ccccc2-c2cc(-c3cccc(-c4cc(C#N)c(-c5cccc(-c6ccc7c(c6)C(C)(C)c6ccccc6-7)c5)cc4C#N)c3)ccc21. The Labute approximate surface area is 305 Å². The lowest BCUT2D eigenvalue weighted by Gasteiger charge is -2.22. The van der Waals surface area contributed by atoms with Gasteiger partial charge >= 0.3 is 0 Å². The van der Waals surface area contributed by atoms with Crippen molar-refractivity contribution in [2.75, 3.05) is 0 Å². The van der Waals surface area contributed by atoms with Crippen LogP contribution in [-0.2, 0) is 10.8 Å². The molecule has 52 heavy (non-hydrogen) atoms. The third kappa shape index (κ3) is 4.69. The molecule has 0 spiro atoms. The maximum Gasteiger partial charge on any atom is 0.0998 e. The van der Waals surface area contributed by atoms with Crippen LogP contribution >= 0.6 is 0 Å². The summed E-state index contributed by atoms with van der Waals surface area (Å²) in [7, 11) is 0. The number of hydrogen-bond donors (Lipinski definition) is 0. The molecule has 246 valence electrons. The molecule has 2 nitrogen and oxygen atoms in total. The number of rotatable bonds is 4. The van der Waals surface area contributed by atoms with Crippen LogP contribution in [0, 0.1) is 22.7 Å². The van der Waals surface area contributed by atoms with Gasteiger partial charge in [-0.25, -0.2) is 0 Å². The fourth-order valence-corrected chi connectivity index (χ4v) is 8.78. The Morgan fingerprint density at radius 2 is 0.750 bits per heavy atom.